The molecular formula is C32H36FN5O6. The molecular weight excluding hydrogens is 569 g/mol. The van der Waals surface area contributed by atoms with Gasteiger partial charge in [0.1, 0.15) is 18.5 Å². The van der Waals surface area contributed by atoms with Gasteiger partial charge in [0.2, 0.25) is 17.7 Å². The fourth-order valence-electron chi connectivity index (χ4n) is 5.93. The van der Waals surface area contributed by atoms with Gasteiger partial charge in [-0.05, 0) is 47.7 Å². The van der Waals surface area contributed by atoms with Gasteiger partial charge in [-0.15, -0.1) is 6.58 Å². The van der Waals surface area contributed by atoms with Crippen molar-refractivity contribution in [3.8, 4) is 0 Å². The molecule has 0 aliphatic carbocycles. The summed E-state index contributed by atoms with van der Waals surface area (Å²) in [5, 5.41) is 6.19. The zero-order valence-electron chi connectivity index (χ0n) is 24.5. The maximum atomic E-state index is 14.4. The number of nitrogens with two attached hydrogens (primary N) is 1. The van der Waals surface area contributed by atoms with E-state index in [2.05, 4.69) is 17.2 Å². The summed E-state index contributed by atoms with van der Waals surface area (Å²) < 4.78 is 27.1. The van der Waals surface area contributed by atoms with E-state index in [-0.39, 0.29) is 44.9 Å². The van der Waals surface area contributed by atoms with E-state index in [1.165, 1.54) is 24.1 Å². The Kier molecular flexibility index (Phi) is 9.40. The molecule has 1 unspecified atom stereocenters. The van der Waals surface area contributed by atoms with Crippen LogP contribution in [0.1, 0.15) is 23.1 Å². The zero-order chi connectivity index (χ0) is 31.4. The number of nitrogens with one attached hydrogen (secondary N) is 2. The van der Waals surface area contributed by atoms with Gasteiger partial charge in [0.15, 0.2) is 6.04 Å². The molecule has 44 heavy (non-hydrogen) atoms. The number of rotatable bonds is 5. The van der Waals surface area contributed by atoms with Gasteiger partial charge in [0, 0.05) is 43.2 Å². The summed E-state index contributed by atoms with van der Waals surface area (Å²) in [5.74, 6) is -2.65. The van der Waals surface area contributed by atoms with E-state index in [1.807, 2.05) is 28.8 Å². The lowest BCUT2D eigenvalue weighted by Gasteiger charge is -2.30. The molecule has 2 aliphatic rings. The first-order chi connectivity index (χ1) is 21.2. The lowest BCUT2D eigenvalue weighted by atomic mass is 10.0. The summed E-state index contributed by atoms with van der Waals surface area (Å²) in [6.07, 6.45) is 3.13. The van der Waals surface area contributed by atoms with Crippen molar-refractivity contribution < 1.29 is 33.0 Å². The maximum Gasteiger partial charge on any atom is 0.331 e. The smallest absolute Gasteiger partial charge is 0.331 e. The molecule has 2 aromatic carbocycles. The van der Waals surface area contributed by atoms with Crippen LogP contribution in [0.4, 0.5) is 4.39 Å². The first-order valence-electron chi connectivity index (χ1n) is 14.5. The number of nitrogens with zero attached hydrogens (tertiary/aromatic N) is 2. The Morgan fingerprint density at radius 3 is 2.77 bits per heavy atom. The quantitative estimate of drug-likeness (QED) is 0.294. The van der Waals surface area contributed by atoms with Crippen molar-refractivity contribution in [1.29, 1.82) is 0 Å². The van der Waals surface area contributed by atoms with Crippen molar-refractivity contribution in [1.82, 2.24) is 20.1 Å². The first-order valence-corrected chi connectivity index (χ1v) is 14.5. The standard InChI is InChI=1S/C32H36FN5O6/c1-3-10-37-17-21(23-15-22(33)7-8-26(23)37)14-25-31(41)38-11-9-27(29(38)32(42)43-2)44-18-28(39)35-16-20-6-4-5-19(12-20)13-24(34)30(40)36-25/h3-8,12,15,17,24-25,27,29H,1,9-11,13-14,16,18,34H2,2H3,(H,35,39)(H,36,40)/t24?,25-,27-,29-/m0/s1. The Morgan fingerprint density at radius 2 is 2.00 bits per heavy atom. The minimum absolute atomic E-state index is 0.00476. The molecule has 4 bridgehead atoms. The number of hydrogen-bond acceptors (Lipinski definition) is 7. The van der Waals surface area contributed by atoms with Crippen molar-refractivity contribution in [2.45, 2.75) is 56.6 Å². The summed E-state index contributed by atoms with van der Waals surface area (Å²) >= 11 is 0. The van der Waals surface area contributed by atoms with Crippen LogP contribution in [-0.2, 0) is 54.6 Å². The number of amides is 3. The number of fused-ring (bicyclic) bond motifs is 5. The number of benzene rings is 2. The van der Waals surface area contributed by atoms with E-state index in [1.54, 1.807) is 18.3 Å². The normalized spacial score (nSPS) is 23.2. The summed E-state index contributed by atoms with van der Waals surface area (Å²) in [4.78, 5) is 54.6. The number of aromatic nitrogens is 1. The number of allylic oxidation sites excluding steroid dienone is 1. The average Bonchev–Trinajstić information content (AvgIpc) is 3.58. The average molecular weight is 606 g/mol. The Balaban J connectivity index is 1.53. The minimum Gasteiger partial charge on any atom is -0.467 e. The SMILES string of the molecule is C=CCn1cc(C[C@@H]2NC(=O)C(N)Cc3cccc(c3)CNC(=O)CO[C@H]3CCN(C2=O)[C@@H]3C(=O)OC)c2cc(F)ccc21. The third-order valence-electron chi connectivity index (χ3n) is 8.06. The van der Waals surface area contributed by atoms with Gasteiger partial charge in [-0.1, -0.05) is 30.3 Å². The van der Waals surface area contributed by atoms with Crippen molar-refractivity contribution in [3.05, 3.63) is 83.8 Å². The molecule has 3 amide bonds. The number of esters is 1. The number of hydrogen-bond donors (Lipinski definition) is 3. The predicted octanol–water partition coefficient (Wildman–Crippen LogP) is 1.35. The van der Waals surface area contributed by atoms with Crippen molar-refractivity contribution in [2.24, 2.45) is 5.73 Å². The van der Waals surface area contributed by atoms with Crippen LogP contribution in [0.3, 0.4) is 0 Å². The van der Waals surface area contributed by atoms with Crippen LogP contribution in [0.5, 0.6) is 0 Å². The molecule has 1 fully saturated rings. The third kappa shape index (κ3) is 6.66. The fraction of sp³-hybridized carbons (Fsp3) is 0.375. The number of halogens is 1. The first kappa shape index (κ1) is 30.9. The summed E-state index contributed by atoms with van der Waals surface area (Å²) in [6, 6.07) is 8.41. The van der Waals surface area contributed by atoms with Crippen LogP contribution in [0.2, 0.25) is 0 Å². The van der Waals surface area contributed by atoms with Gasteiger partial charge in [-0.3, -0.25) is 14.4 Å². The van der Waals surface area contributed by atoms with Crippen LogP contribution < -0.4 is 16.4 Å². The van der Waals surface area contributed by atoms with Gasteiger partial charge in [-0.25, -0.2) is 9.18 Å². The highest BCUT2D eigenvalue weighted by atomic mass is 19.1. The number of carbonyl (C=O) groups excluding carboxylic acids is 4. The molecule has 11 nitrogen and oxygen atoms in total. The van der Waals surface area contributed by atoms with Gasteiger partial charge >= 0.3 is 5.97 Å². The molecule has 0 saturated carbocycles. The Hall–Kier alpha value is -4.55. The van der Waals surface area contributed by atoms with E-state index in [0.29, 0.717) is 17.5 Å². The molecule has 3 aromatic rings. The predicted molar refractivity (Wildman–Crippen MR) is 160 cm³/mol. The van der Waals surface area contributed by atoms with Crippen LogP contribution in [0.15, 0.2) is 61.3 Å². The Labute approximate surface area is 254 Å². The Bertz CT molecular complexity index is 1590. The van der Waals surface area contributed by atoms with Crippen LogP contribution in [-0.4, -0.2) is 77.6 Å². The molecule has 4 N–H and O–H groups in total. The van der Waals surface area contributed by atoms with E-state index in [0.717, 1.165) is 16.6 Å². The van der Waals surface area contributed by atoms with Crippen molar-refractivity contribution >= 4 is 34.6 Å². The monoisotopic (exact) mass is 605 g/mol. The number of carbonyl (C=O) groups is 4. The van der Waals surface area contributed by atoms with Crippen LogP contribution in [0, 0.1) is 5.82 Å². The van der Waals surface area contributed by atoms with Crippen LogP contribution in [0.25, 0.3) is 10.9 Å². The van der Waals surface area contributed by atoms with E-state index in [4.69, 9.17) is 15.2 Å². The minimum atomic E-state index is -1.16. The highest BCUT2D eigenvalue weighted by molar-refractivity contribution is 5.94. The number of methoxy groups -OCH3 is 1. The fourth-order valence-corrected chi connectivity index (χ4v) is 5.93. The highest BCUT2D eigenvalue weighted by Gasteiger charge is 2.45. The lowest BCUT2D eigenvalue weighted by molar-refractivity contribution is -0.157. The zero-order valence-corrected chi connectivity index (χ0v) is 24.5. The number of ether oxygens (including phenoxy) is 2. The molecule has 0 spiro atoms. The molecule has 232 valence electrons. The molecule has 12 heteroatoms. The van der Waals surface area contributed by atoms with Crippen LogP contribution >= 0.6 is 0 Å². The van der Waals surface area contributed by atoms with Crippen molar-refractivity contribution in [2.75, 3.05) is 20.3 Å². The second kappa shape index (κ2) is 13.4. The Morgan fingerprint density at radius 1 is 1.20 bits per heavy atom. The second-order valence-corrected chi connectivity index (χ2v) is 11.1. The molecule has 1 saturated heterocycles. The second-order valence-electron chi connectivity index (χ2n) is 11.1. The summed E-state index contributed by atoms with van der Waals surface area (Å²) in [6.45, 7) is 4.27. The van der Waals surface area contributed by atoms with Gasteiger partial charge in [0.05, 0.1) is 19.3 Å². The van der Waals surface area contributed by atoms with E-state index in [9.17, 15) is 23.6 Å². The van der Waals surface area contributed by atoms with Gasteiger partial charge < -0.3 is 35.3 Å². The van der Waals surface area contributed by atoms with E-state index < -0.39 is 47.8 Å². The molecule has 0 radical (unpaired) electrons. The van der Waals surface area contributed by atoms with E-state index >= 15 is 0 Å². The lowest BCUT2D eigenvalue weighted by Crippen LogP contribution is -2.57. The molecule has 3 heterocycles. The van der Waals surface area contributed by atoms with Gasteiger partial charge in [0.25, 0.3) is 0 Å². The molecule has 2 aliphatic heterocycles. The van der Waals surface area contributed by atoms with Gasteiger partial charge in [-0.2, -0.15) is 0 Å². The maximum absolute atomic E-state index is 14.4. The third-order valence-corrected chi connectivity index (χ3v) is 8.06. The molecule has 5 rings (SSSR count). The molecule has 1 aromatic heterocycles. The largest absolute Gasteiger partial charge is 0.467 e. The highest BCUT2D eigenvalue weighted by Crippen LogP contribution is 2.27. The topological polar surface area (TPSA) is 145 Å². The summed E-state index contributed by atoms with van der Waals surface area (Å²) in [5.41, 5.74) is 9.27. The summed E-state index contributed by atoms with van der Waals surface area (Å²) in [7, 11) is 1.21. The molecule has 4 atom stereocenters. The van der Waals surface area contributed by atoms with Crippen molar-refractivity contribution in [3.63, 3.8) is 0 Å².